The summed E-state index contributed by atoms with van der Waals surface area (Å²) in [5, 5.41) is 2.77. The fourth-order valence-electron chi connectivity index (χ4n) is 2.16. The van der Waals surface area contributed by atoms with E-state index < -0.39 is 0 Å². The first-order valence-electron chi connectivity index (χ1n) is 7.23. The van der Waals surface area contributed by atoms with Crippen LogP contribution in [-0.4, -0.2) is 18.8 Å². The highest BCUT2D eigenvalue weighted by atomic mass is 79.9. The number of hydrogen-bond acceptors (Lipinski definition) is 3. The molecule has 0 radical (unpaired) electrons. The van der Waals surface area contributed by atoms with Crippen molar-refractivity contribution in [2.24, 2.45) is 0 Å². The number of carbonyl (C=O) groups excluding carboxylic acids is 2. The van der Waals surface area contributed by atoms with Gasteiger partial charge in [0.2, 0.25) is 5.91 Å². The van der Waals surface area contributed by atoms with Gasteiger partial charge in [-0.3, -0.25) is 9.59 Å². The number of halogens is 1. The summed E-state index contributed by atoms with van der Waals surface area (Å²) in [7, 11) is 1.53. The quantitative estimate of drug-likeness (QED) is 0.762. The summed E-state index contributed by atoms with van der Waals surface area (Å²) in [5.74, 6) is 0.248. The van der Waals surface area contributed by atoms with Crippen LogP contribution >= 0.6 is 15.9 Å². The van der Waals surface area contributed by atoms with Gasteiger partial charge in [-0.2, -0.15) is 0 Å². The smallest absolute Gasteiger partial charge is 0.224 e. The van der Waals surface area contributed by atoms with Crippen molar-refractivity contribution in [2.75, 3.05) is 12.4 Å². The van der Waals surface area contributed by atoms with Crippen molar-refractivity contribution in [2.45, 2.75) is 19.8 Å². The summed E-state index contributed by atoms with van der Waals surface area (Å²) in [6, 6.07) is 12.7. The number of hydrogen-bond donors (Lipinski definition) is 1. The van der Waals surface area contributed by atoms with Crippen LogP contribution in [0.4, 0.5) is 5.69 Å². The van der Waals surface area contributed by atoms with Crippen LogP contribution in [0, 0.1) is 6.92 Å². The molecule has 0 aromatic heterocycles. The average Bonchev–Trinajstić information content (AvgIpc) is 2.54. The van der Waals surface area contributed by atoms with Crippen LogP contribution < -0.4 is 10.1 Å². The van der Waals surface area contributed by atoms with E-state index in [0.717, 1.165) is 10.0 Å². The first-order chi connectivity index (χ1) is 11.0. The van der Waals surface area contributed by atoms with E-state index in [2.05, 4.69) is 21.2 Å². The molecular formula is C18H18BrNO3. The molecule has 1 amide bonds. The van der Waals surface area contributed by atoms with Gasteiger partial charge >= 0.3 is 0 Å². The van der Waals surface area contributed by atoms with E-state index in [1.165, 1.54) is 7.11 Å². The summed E-state index contributed by atoms with van der Waals surface area (Å²) >= 11 is 3.34. The Morgan fingerprint density at radius 3 is 2.43 bits per heavy atom. The molecule has 2 rings (SSSR count). The molecule has 1 N–H and O–H groups in total. The zero-order valence-corrected chi connectivity index (χ0v) is 14.6. The van der Waals surface area contributed by atoms with Gasteiger partial charge in [-0.25, -0.2) is 0 Å². The van der Waals surface area contributed by atoms with Crippen LogP contribution in [0.5, 0.6) is 5.75 Å². The van der Waals surface area contributed by atoms with E-state index in [1.807, 2.05) is 25.1 Å². The fourth-order valence-corrected chi connectivity index (χ4v) is 2.42. The highest BCUT2D eigenvalue weighted by molar-refractivity contribution is 9.10. The molecule has 0 fully saturated rings. The molecule has 0 atom stereocenters. The number of ether oxygens (including phenoxy) is 1. The van der Waals surface area contributed by atoms with E-state index in [1.54, 1.807) is 24.3 Å². The number of nitrogens with one attached hydrogen (secondary N) is 1. The fraction of sp³-hybridized carbons (Fsp3) is 0.222. The third kappa shape index (κ3) is 4.93. The standard InChI is InChI=1S/C18H18BrNO3/c1-12-3-9-17(23-2)15(11-12)16(21)8-10-18(22)20-14-6-4-13(19)5-7-14/h3-7,9,11H,8,10H2,1-2H3,(H,20,22). The SMILES string of the molecule is COc1ccc(C)cc1C(=O)CCC(=O)Nc1ccc(Br)cc1. The zero-order valence-electron chi connectivity index (χ0n) is 13.1. The molecule has 0 heterocycles. The first kappa shape index (κ1) is 17.2. The molecule has 0 saturated carbocycles. The number of anilines is 1. The van der Waals surface area contributed by atoms with Gasteiger partial charge in [-0.05, 0) is 43.3 Å². The number of amides is 1. The number of methoxy groups -OCH3 is 1. The lowest BCUT2D eigenvalue weighted by Crippen LogP contribution is -2.13. The Hall–Kier alpha value is -2.14. The second-order valence-corrected chi connectivity index (χ2v) is 6.10. The lowest BCUT2D eigenvalue weighted by Gasteiger charge is -2.09. The van der Waals surface area contributed by atoms with Crippen LogP contribution in [0.3, 0.4) is 0 Å². The molecule has 23 heavy (non-hydrogen) atoms. The van der Waals surface area contributed by atoms with Crippen molar-refractivity contribution in [3.63, 3.8) is 0 Å². The Kier molecular flexibility index (Phi) is 5.93. The van der Waals surface area contributed by atoms with E-state index in [-0.39, 0.29) is 24.5 Å². The van der Waals surface area contributed by atoms with Gasteiger partial charge in [0, 0.05) is 23.0 Å². The predicted molar refractivity (Wildman–Crippen MR) is 94.1 cm³/mol. The molecule has 0 aliphatic rings. The molecule has 2 aromatic carbocycles. The summed E-state index contributed by atoms with van der Waals surface area (Å²) < 4.78 is 6.15. The lowest BCUT2D eigenvalue weighted by atomic mass is 10.0. The Balaban J connectivity index is 1.95. The molecule has 120 valence electrons. The molecule has 4 nitrogen and oxygen atoms in total. The van der Waals surface area contributed by atoms with Gasteiger partial charge in [0.25, 0.3) is 0 Å². The minimum absolute atomic E-state index is 0.100. The van der Waals surface area contributed by atoms with Crippen LogP contribution in [0.25, 0.3) is 0 Å². The van der Waals surface area contributed by atoms with Gasteiger partial charge < -0.3 is 10.1 Å². The zero-order chi connectivity index (χ0) is 16.8. The third-order valence-electron chi connectivity index (χ3n) is 3.36. The van der Waals surface area contributed by atoms with Gasteiger partial charge in [-0.1, -0.05) is 27.6 Å². The van der Waals surface area contributed by atoms with Crippen molar-refractivity contribution in [3.05, 3.63) is 58.1 Å². The van der Waals surface area contributed by atoms with Crippen LogP contribution in [0.2, 0.25) is 0 Å². The molecule has 5 heteroatoms. The van der Waals surface area contributed by atoms with Gasteiger partial charge in [-0.15, -0.1) is 0 Å². The largest absolute Gasteiger partial charge is 0.496 e. The summed E-state index contributed by atoms with van der Waals surface area (Å²) in [6.07, 6.45) is 0.272. The van der Waals surface area contributed by atoms with Gasteiger partial charge in [0.15, 0.2) is 5.78 Å². The van der Waals surface area contributed by atoms with Crippen molar-refractivity contribution in [1.82, 2.24) is 0 Å². The maximum absolute atomic E-state index is 12.3. The first-order valence-corrected chi connectivity index (χ1v) is 8.02. The monoisotopic (exact) mass is 375 g/mol. The minimum atomic E-state index is -0.188. The second kappa shape index (κ2) is 7.92. The molecular weight excluding hydrogens is 358 g/mol. The summed E-state index contributed by atoms with van der Waals surface area (Å²) in [4.78, 5) is 24.3. The van der Waals surface area contributed by atoms with E-state index in [9.17, 15) is 9.59 Å². The third-order valence-corrected chi connectivity index (χ3v) is 3.89. The Labute approximate surface area is 144 Å². The predicted octanol–water partition coefficient (Wildman–Crippen LogP) is 4.37. The van der Waals surface area contributed by atoms with Crippen LogP contribution in [-0.2, 0) is 4.79 Å². The highest BCUT2D eigenvalue weighted by Crippen LogP contribution is 2.22. The maximum Gasteiger partial charge on any atom is 0.224 e. The lowest BCUT2D eigenvalue weighted by molar-refractivity contribution is -0.116. The Bertz CT molecular complexity index is 711. The molecule has 0 unspecified atom stereocenters. The molecule has 0 aliphatic heterocycles. The van der Waals surface area contributed by atoms with E-state index in [4.69, 9.17) is 4.74 Å². The number of aryl methyl sites for hydroxylation is 1. The molecule has 2 aromatic rings. The van der Waals surface area contributed by atoms with Crippen LogP contribution in [0.15, 0.2) is 46.9 Å². The maximum atomic E-state index is 12.3. The van der Waals surface area contributed by atoms with Gasteiger partial charge in [0.1, 0.15) is 5.75 Å². The number of ketones is 1. The highest BCUT2D eigenvalue weighted by Gasteiger charge is 2.14. The molecule has 0 aliphatic carbocycles. The molecule has 0 saturated heterocycles. The average molecular weight is 376 g/mol. The van der Waals surface area contributed by atoms with Crippen molar-refractivity contribution in [3.8, 4) is 5.75 Å². The van der Waals surface area contributed by atoms with Crippen LogP contribution in [0.1, 0.15) is 28.8 Å². The molecule has 0 spiro atoms. The van der Waals surface area contributed by atoms with Crippen molar-refractivity contribution >= 4 is 33.3 Å². The van der Waals surface area contributed by atoms with E-state index in [0.29, 0.717) is 17.0 Å². The summed E-state index contributed by atoms with van der Waals surface area (Å²) in [6.45, 7) is 1.91. The second-order valence-electron chi connectivity index (χ2n) is 5.18. The van der Waals surface area contributed by atoms with Gasteiger partial charge in [0.05, 0.1) is 12.7 Å². The topological polar surface area (TPSA) is 55.4 Å². The number of rotatable bonds is 6. The Morgan fingerprint density at radius 1 is 1.09 bits per heavy atom. The molecule has 0 bridgehead atoms. The summed E-state index contributed by atoms with van der Waals surface area (Å²) in [5.41, 5.74) is 2.20. The Morgan fingerprint density at radius 2 is 1.78 bits per heavy atom. The normalized spacial score (nSPS) is 10.2. The number of benzene rings is 2. The van der Waals surface area contributed by atoms with Crippen molar-refractivity contribution < 1.29 is 14.3 Å². The minimum Gasteiger partial charge on any atom is -0.496 e. The number of carbonyl (C=O) groups is 2. The van der Waals surface area contributed by atoms with E-state index >= 15 is 0 Å². The van der Waals surface area contributed by atoms with Crippen molar-refractivity contribution in [1.29, 1.82) is 0 Å². The number of Topliss-reactive ketones (excluding diaryl/α,β-unsaturated/α-hetero) is 1.